The van der Waals surface area contributed by atoms with Crippen molar-refractivity contribution in [1.82, 2.24) is 19.6 Å². The van der Waals surface area contributed by atoms with Gasteiger partial charge in [0.15, 0.2) is 11.5 Å². The number of nitrogens with zero attached hydrogens (tertiary/aromatic N) is 4. The lowest BCUT2D eigenvalue weighted by atomic mass is 10.2. The molecule has 0 saturated carbocycles. The molecule has 2 heterocycles. The minimum Gasteiger partial charge on any atom is -0.308 e. The molecule has 0 spiro atoms. The Morgan fingerprint density at radius 1 is 1.23 bits per heavy atom. The fourth-order valence-corrected chi connectivity index (χ4v) is 4.10. The number of alkyl halides is 3. The predicted octanol–water partition coefficient (Wildman–Crippen LogP) is 6.32. The van der Waals surface area contributed by atoms with Crippen molar-refractivity contribution < 1.29 is 18.0 Å². The summed E-state index contributed by atoms with van der Waals surface area (Å²) in [6.45, 7) is 1.82. The minimum absolute atomic E-state index is 0.0228. The molecular formula is C18H14Br2Cl2F3N5O. The third-order valence-electron chi connectivity index (χ3n) is 4.27. The first-order valence-electron chi connectivity index (χ1n) is 8.72. The Hall–Kier alpha value is -1.56. The van der Waals surface area contributed by atoms with Crippen molar-refractivity contribution in [2.75, 3.05) is 5.32 Å². The molecule has 1 aromatic carbocycles. The number of aromatic nitrogens is 4. The fourth-order valence-electron chi connectivity index (χ4n) is 2.71. The maximum absolute atomic E-state index is 13.0. The average Bonchev–Trinajstić information content (AvgIpc) is 3.15. The highest BCUT2D eigenvalue weighted by Crippen LogP contribution is 2.35. The van der Waals surface area contributed by atoms with Gasteiger partial charge in [0.05, 0.1) is 27.7 Å². The second kappa shape index (κ2) is 9.51. The summed E-state index contributed by atoms with van der Waals surface area (Å²) in [6, 6.07) is 5.11. The first kappa shape index (κ1) is 24.1. The van der Waals surface area contributed by atoms with E-state index in [-0.39, 0.29) is 29.0 Å². The van der Waals surface area contributed by atoms with E-state index in [1.807, 2.05) is 0 Å². The first-order valence-corrected chi connectivity index (χ1v) is 11.1. The summed E-state index contributed by atoms with van der Waals surface area (Å²) in [6.07, 6.45) is -3.00. The van der Waals surface area contributed by atoms with E-state index in [1.165, 1.54) is 6.92 Å². The Morgan fingerprint density at radius 3 is 2.55 bits per heavy atom. The van der Waals surface area contributed by atoms with Crippen LogP contribution >= 0.6 is 55.1 Å². The van der Waals surface area contributed by atoms with Crippen LogP contribution in [0.25, 0.3) is 0 Å². The third kappa shape index (κ3) is 5.82. The van der Waals surface area contributed by atoms with Gasteiger partial charge in [0.1, 0.15) is 0 Å². The summed E-state index contributed by atoms with van der Waals surface area (Å²) < 4.78 is 42.0. The van der Waals surface area contributed by atoms with E-state index in [4.69, 9.17) is 23.2 Å². The summed E-state index contributed by atoms with van der Waals surface area (Å²) in [5.74, 6) is -0.139. The predicted molar refractivity (Wildman–Crippen MR) is 118 cm³/mol. The van der Waals surface area contributed by atoms with Crippen LogP contribution in [0.5, 0.6) is 0 Å². The van der Waals surface area contributed by atoms with E-state index in [2.05, 4.69) is 47.4 Å². The van der Waals surface area contributed by atoms with Crippen LogP contribution in [-0.4, -0.2) is 25.5 Å². The van der Waals surface area contributed by atoms with Crippen molar-refractivity contribution in [1.29, 1.82) is 0 Å². The molecule has 0 aliphatic carbocycles. The normalized spacial score (nSPS) is 11.7. The zero-order chi connectivity index (χ0) is 22.9. The number of hydrogen-bond donors (Lipinski definition) is 1. The average molecular weight is 604 g/mol. The summed E-state index contributed by atoms with van der Waals surface area (Å²) in [4.78, 5) is 12.3. The van der Waals surface area contributed by atoms with E-state index in [9.17, 15) is 18.0 Å². The molecule has 6 nitrogen and oxygen atoms in total. The van der Waals surface area contributed by atoms with Crippen molar-refractivity contribution in [2.45, 2.75) is 32.6 Å². The molecule has 2 aromatic heterocycles. The quantitative estimate of drug-likeness (QED) is 0.359. The van der Waals surface area contributed by atoms with Gasteiger partial charge < -0.3 is 5.32 Å². The largest absolute Gasteiger partial charge is 0.436 e. The van der Waals surface area contributed by atoms with Gasteiger partial charge in [-0.05, 0) is 56.5 Å². The number of aryl methyl sites for hydroxylation is 1. The number of anilines is 1. The van der Waals surface area contributed by atoms with Gasteiger partial charge in [-0.25, -0.2) is 0 Å². The summed E-state index contributed by atoms with van der Waals surface area (Å²) in [5, 5.41) is 11.5. The highest BCUT2D eigenvalue weighted by atomic mass is 79.9. The van der Waals surface area contributed by atoms with Crippen LogP contribution in [-0.2, 0) is 24.1 Å². The molecule has 166 valence electrons. The Balaban J connectivity index is 1.64. The summed E-state index contributed by atoms with van der Waals surface area (Å²) in [7, 11) is 0. The summed E-state index contributed by atoms with van der Waals surface area (Å²) >= 11 is 18.3. The van der Waals surface area contributed by atoms with Crippen LogP contribution in [0.1, 0.15) is 23.4 Å². The van der Waals surface area contributed by atoms with E-state index < -0.39 is 17.8 Å². The van der Waals surface area contributed by atoms with Crippen LogP contribution in [0, 0.1) is 6.92 Å². The lowest BCUT2D eigenvalue weighted by Gasteiger charge is -2.06. The second-order valence-electron chi connectivity index (χ2n) is 6.53. The van der Waals surface area contributed by atoms with Crippen LogP contribution in [0.4, 0.5) is 19.0 Å². The molecule has 0 atom stereocenters. The van der Waals surface area contributed by atoms with E-state index in [0.29, 0.717) is 21.1 Å². The van der Waals surface area contributed by atoms with Crippen LogP contribution < -0.4 is 5.32 Å². The van der Waals surface area contributed by atoms with Crippen LogP contribution in [0.15, 0.2) is 33.3 Å². The molecule has 31 heavy (non-hydrogen) atoms. The monoisotopic (exact) mass is 601 g/mol. The highest BCUT2D eigenvalue weighted by Gasteiger charge is 2.37. The number of amides is 1. The van der Waals surface area contributed by atoms with Gasteiger partial charge in [0.25, 0.3) is 0 Å². The molecule has 1 amide bonds. The van der Waals surface area contributed by atoms with Gasteiger partial charge in [-0.15, -0.1) is 0 Å². The molecule has 0 bridgehead atoms. The van der Waals surface area contributed by atoms with Gasteiger partial charge in [-0.2, -0.15) is 23.4 Å². The number of carbonyl (C=O) groups is 1. The van der Waals surface area contributed by atoms with Gasteiger partial charge in [0.2, 0.25) is 5.91 Å². The SMILES string of the molecule is Cc1c(Br)c(C(F)(F)F)nn1CCC(=O)Nc1nn(Cc2ccc(Cl)cc2Cl)cc1Br. The molecule has 0 aliphatic heterocycles. The van der Waals surface area contributed by atoms with Crippen LogP contribution in [0.3, 0.4) is 0 Å². The van der Waals surface area contributed by atoms with Crippen molar-refractivity contribution in [3.8, 4) is 0 Å². The maximum atomic E-state index is 13.0. The molecular weight excluding hydrogens is 590 g/mol. The van der Waals surface area contributed by atoms with Gasteiger partial charge in [0, 0.05) is 22.7 Å². The third-order valence-corrected chi connectivity index (χ3v) is 6.39. The van der Waals surface area contributed by atoms with Crippen molar-refractivity contribution in [2.24, 2.45) is 0 Å². The Kier molecular flexibility index (Phi) is 7.39. The molecule has 0 unspecified atom stereocenters. The zero-order valence-corrected chi connectivity index (χ0v) is 20.5. The topological polar surface area (TPSA) is 64.7 Å². The van der Waals surface area contributed by atoms with Crippen molar-refractivity contribution in [3.63, 3.8) is 0 Å². The standard InChI is InChI=1S/C18H14Br2Cl2F3N5O/c1-9-15(20)16(18(23,24)25)27-30(9)5-4-14(31)26-17-12(19)8-29(28-17)7-10-2-3-11(21)6-13(10)22/h2-3,6,8H,4-5,7H2,1H3,(H,26,28,31). The van der Waals surface area contributed by atoms with E-state index in [1.54, 1.807) is 29.1 Å². The second-order valence-corrected chi connectivity index (χ2v) is 9.02. The fraction of sp³-hybridized carbons (Fsp3) is 0.278. The van der Waals surface area contributed by atoms with Gasteiger partial charge >= 0.3 is 6.18 Å². The zero-order valence-electron chi connectivity index (χ0n) is 15.8. The number of benzene rings is 1. The van der Waals surface area contributed by atoms with Gasteiger partial charge in [-0.1, -0.05) is 29.3 Å². The first-order chi connectivity index (χ1) is 14.5. The van der Waals surface area contributed by atoms with Crippen molar-refractivity contribution in [3.05, 3.63) is 60.3 Å². The lowest BCUT2D eigenvalue weighted by molar-refractivity contribution is -0.142. The number of nitrogens with one attached hydrogen (secondary N) is 1. The molecule has 3 aromatic rings. The number of carbonyl (C=O) groups excluding carboxylic acids is 1. The molecule has 3 rings (SSSR count). The lowest BCUT2D eigenvalue weighted by Crippen LogP contribution is -2.17. The Labute approximate surface area is 201 Å². The molecule has 0 aliphatic rings. The Bertz CT molecular complexity index is 1130. The van der Waals surface area contributed by atoms with Gasteiger partial charge in [-0.3, -0.25) is 14.2 Å². The molecule has 1 N–H and O–H groups in total. The maximum Gasteiger partial charge on any atom is 0.436 e. The Morgan fingerprint density at radius 2 is 1.94 bits per heavy atom. The number of hydrogen-bond acceptors (Lipinski definition) is 3. The molecule has 0 fully saturated rings. The molecule has 13 heteroatoms. The number of halogens is 7. The van der Waals surface area contributed by atoms with Crippen LogP contribution in [0.2, 0.25) is 10.0 Å². The molecule has 0 radical (unpaired) electrons. The van der Waals surface area contributed by atoms with Crippen molar-refractivity contribution >= 4 is 66.8 Å². The summed E-state index contributed by atoms with van der Waals surface area (Å²) in [5.41, 5.74) is 0.0531. The smallest absolute Gasteiger partial charge is 0.308 e. The number of rotatable bonds is 6. The highest BCUT2D eigenvalue weighted by molar-refractivity contribution is 9.11. The van der Waals surface area contributed by atoms with E-state index in [0.717, 1.165) is 10.2 Å². The minimum atomic E-state index is -4.58. The van der Waals surface area contributed by atoms with E-state index >= 15 is 0 Å². The molecule has 0 saturated heterocycles.